The third-order valence-corrected chi connectivity index (χ3v) is 4.35. The number of rotatable bonds is 3. The van der Waals surface area contributed by atoms with E-state index in [2.05, 4.69) is 4.98 Å². The maximum atomic E-state index is 12.9. The quantitative estimate of drug-likeness (QED) is 0.800. The minimum atomic E-state index is 0.0251. The molecule has 3 aromatic rings. The number of aromatic nitrogens is 1. The topological polar surface area (TPSA) is 45.3 Å². The number of benzene rings is 2. The van der Waals surface area contributed by atoms with Crippen molar-refractivity contribution in [3.8, 4) is 5.75 Å². The normalized spacial score (nSPS) is 12.9. The Bertz CT molecular complexity index is 882. The first-order chi connectivity index (χ1) is 11.3. The average molecular weight is 306 g/mol. The third kappa shape index (κ3) is 2.36. The number of anilines is 1. The summed E-state index contributed by atoms with van der Waals surface area (Å²) in [4.78, 5) is 17.9. The second kappa shape index (κ2) is 5.47. The molecule has 4 heteroatoms. The van der Waals surface area contributed by atoms with Gasteiger partial charge in [-0.3, -0.25) is 4.79 Å². The average Bonchev–Trinajstić information content (AvgIpc) is 3.23. The van der Waals surface area contributed by atoms with Gasteiger partial charge in [0.1, 0.15) is 5.75 Å². The number of carbonyl (C=O) groups is 1. The largest absolute Gasteiger partial charge is 0.493 e. The summed E-state index contributed by atoms with van der Waals surface area (Å²) in [7, 11) is 0. The van der Waals surface area contributed by atoms with E-state index in [9.17, 15) is 4.79 Å². The van der Waals surface area contributed by atoms with Gasteiger partial charge in [-0.2, -0.15) is 0 Å². The van der Waals surface area contributed by atoms with Crippen LogP contribution in [0.1, 0.15) is 22.8 Å². The maximum Gasteiger partial charge on any atom is 0.258 e. The molecule has 0 aliphatic carbocycles. The first kappa shape index (κ1) is 13.9. The number of carbonyl (C=O) groups excluding carboxylic acids is 1. The molecule has 4 nitrogen and oxygen atoms in total. The Kier molecular flexibility index (Phi) is 3.30. The lowest BCUT2D eigenvalue weighted by Gasteiger charge is -2.21. The third-order valence-electron chi connectivity index (χ3n) is 4.35. The zero-order chi connectivity index (χ0) is 15.8. The second-order valence-corrected chi connectivity index (χ2v) is 5.72. The summed E-state index contributed by atoms with van der Waals surface area (Å²) in [5.74, 6) is 0.926. The molecule has 0 unspecified atom stereocenters. The summed E-state index contributed by atoms with van der Waals surface area (Å²) in [5.41, 5.74) is 3.83. The van der Waals surface area contributed by atoms with E-state index in [4.69, 9.17) is 4.74 Å². The first-order valence-electron chi connectivity index (χ1n) is 7.91. The van der Waals surface area contributed by atoms with Crippen LogP contribution < -0.4 is 9.64 Å². The van der Waals surface area contributed by atoms with Crippen molar-refractivity contribution in [1.29, 1.82) is 0 Å². The highest BCUT2D eigenvalue weighted by molar-refractivity contribution is 6.07. The number of nitrogens with one attached hydrogen (secondary N) is 1. The zero-order valence-electron chi connectivity index (χ0n) is 13.0. The van der Waals surface area contributed by atoms with Crippen LogP contribution in [0.2, 0.25) is 0 Å². The summed E-state index contributed by atoms with van der Waals surface area (Å²) in [5, 5.41) is 1.11. The number of aromatic amines is 1. The van der Waals surface area contributed by atoms with E-state index in [0.29, 0.717) is 18.7 Å². The van der Waals surface area contributed by atoms with Gasteiger partial charge in [0, 0.05) is 41.3 Å². The number of hydrogen-bond acceptors (Lipinski definition) is 2. The van der Waals surface area contributed by atoms with Gasteiger partial charge in [-0.25, -0.2) is 0 Å². The number of ether oxygens (including phenoxy) is 1. The Hall–Kier alpha value is -2.75. The molecule has 0 bridgehead atoms. The summed E-state index contributed by atoms with van der Waals surface area (Å²) in [6, 6.07) is 13.8. The molecule has 0 saturated heterocycles. The highest BCUT2D eigenvalue weighted by Gasteiger charge is 2.20. The number of H-pyrrole nitrogens is 1. The monoisotopic (exact) mass is 306 g/mol. The van der Waals surface area contributed by atoms with Crippen molar-refractivity contribution in [3.05, 3.63) is 59.8 Å². The van der Waals surface area contributed by atoms with Crippen LogP contribution in [0.5, 0.6) is 5.75 Å². The van der Waals surface area contributed by atoms with E-state index >= 15 is 0 Å². The van der Waals surface area contributed by atoms with Gasteiger partial charge < -0.3 is 14.6 Å². The van der Waals surface area contributed by atoms with Gasteiger partial charge in [-0.15, -0.1) is 0 Å². The maximum absolute atomic E-state index is 12.9. The Morgan fingerprint density at radius 1 is 1.22 bits per heavy atom. The number of hydrogen-bond donors (Lipinski definition) is 1. The molecule has 1 aromatic heterocycles. The Morgan fingerprint density at radius 2 is 2.13 bits per heavy atom. The molecule has 0 fully saturated rings. The van der Waals surface area contributed by atoms with Crippen molar-refractivity contribution in [1.82, 2.24) is 4.98 Å². The van der Waals surface area contributed by atoms with Gasteiger partial charge in [0.2, 0.25) is 0 Å². The fourth-order valence-corrected chi connectivity index (χ4v) is 3.13. The van der Waals surface area contributed by atoms with E-state index in [1.165, 1.54) is 0 Å². The van der Waals surface area contributed by atoms with Crippen LogP contribution in [0.25, 0.3) is 10.9 Å². The predicted molar refractivity (Wildman–Crippen MR) is 91.3 cm³/mol. The highest BCUT2D eigenvalue weighted by atomic mass is 16.5. The Morgan fingerprint density at radius 3 is 3.00 bits per heavy atom. The summed E-state index contributed by atoms with van der Waals surface area (Å²) in [6.45, 7) is 3.33. The Balaban J connectivity index is 1.69. The molecule has 0 atom stereocenters. The molecular weight excluding hydrogens is 288 g/mol. The molecule has 0 radical (unpaired) electrons. The van der Waals surface area contributed by atoms with Gasteiger partial charge >= 0.3 is 0 Å². The highest BCUT2D eigenvalue weighted by Crippen LogP contribution is 2.28. The lowest BCUT2D eigenvalue weighted by molar-refractivity contribution is 0.0988. The minimum Gasteiger partial charge on any atom is -0.493 e. The number of nitrogens with zero attached hydrogens (tertiary/aromatic N) is 1. The standard InChI is InChI=1S/C19H18N2O2/c1-2-21(16-4-5-17-13(12-16)7-9-20-17)19(22)15-3-6-18-14(11-15)8-10-23-18/h3-7,9,11-12,20H,2,8,10H2,1H3. The van der Waals surface area contributed by atoms with E-state index in [1.807, 2.05) is 60.5 Å². The summed E-state index contributed by atoms with van der Waals surface area (Å²) < 4.78 is 5.52. The van der Waals surface area contributed by atoms with E-state index < -0.39 is 0 Å². The SMILES string of the molecule is CCN(C(=O)c1ccc2c(c1)CCO2)c1ccc2[nH]ccc2c1. The van der Waals surface area contributed by atoms with Crippen LogP contribution in [0.4, 0.5) is 5.69 Å². The smallest absolute Gasteiger partial charge is 0.258 e. The van der Waals surface area contributed by atoms with Crippen LogP contribution in [0.3, 0.4) is 0 Å². The van der Waals surface area contributed by atoms with Gasteiger partial charge in [0.25, 0.3) is 5.91 Å². The van der Waals surface area contributed by atoms with E-state index in [-0.39, 0.29) is 5.91 Å². The van der Waals surface area contributed by atoms with Crippen molar-refractivity contribution in [3.63, 3.8) is 0 Å². The van der Waals surface area contributed by atoms with Gasteiger partial charge in [-0.05, 0) is 55.0 Å². The van der Waals surface area contributed by atoms with Gasteiger partial charge in [-0.1, -0.05) is 0 Å². The van der Waals surface area contributed by atoms with Crippen molar-refractivity contribution in [2.24, 2.45) is 0 Å². The molecule has 1 aliphatic rings. The number of fused-ring (bicyclic) bond motifs is 2. The van der Waals surface area contributed by atoms with Crippen LogP contribution >= 0.6 is 0 Å². The van der Waals surface area contributed by atoms with Gasteiger partial charge in [0.15, 0.2) is 0 Å². The minimum absolute atomic E-state index is 0.0251. The van der Waals surface area contributed by atoms with E-state index in [0.717, 1.165) is 34.3 Å². The molecule has 23 heavy (non-hydrogen) atoms. The lowest BCUT2D eigenvalue weighted by Crippen LogP contribution is -2.30. The predicted octanol–water partition coefficient (Wildman–Crippen LogP) is 3.77. The second-order valence-electron chi connectivity index (χ2n) is 5.72. The van der Waals surface area contributed by atoms with Crippen LogP contribution in [0, 0.1) is 0 Å². The van der Waals surface area contributed by atoms with Crippen molar-refractivity contribution in [2.45, 2.75) is 13.3 Å². The molecule has 2 aromatic carbocycles. The molecule has 0 spiro atoms. The zero-order valence-corrected chi connectivity index (χ0v) is 13.0. The molecule has 1 amide bonds. The van der Waals surface area contributed by atoms with Crippen molar-refractivity contribution in [2.75, 3.05) is 18.1 Å². The van der Waals surface area contributed by atoms with Crippen LogP contribution in [0.15, 0.2) is 48.7 Å². The fourth-order valence-electron chi connectivity index (χ4n) is 3.13. The molecule has 2 heterocycles. The van der Waals surface area contributed by atoms with Crippen LogP contribution in [-0.2, 0) is 6.42 Å². The molecule has 0 saturated carbocycles. The lowest BCUT2D eigenvalue weighted by atomic mass is 10.1. The number of amides is 1. The Labute approximate surface area is 134 Å². The van der Waals surface area contributed by atoms with Crippen molar-refractivity contribution >= 4 is 22.5 Å². The van der Waals surface area contributed by atoms with Crippen LogP contribution in [-0.4, -0.2) is 24.0 Å². The molecule has 1 N–H and O–H groups in total. The molecular formula is C19H18N2O2. The van der Waals surface area contributed by atoms with Crippen molar-refractivity contribution < 1.29 is 9.53 Å². The van der Waals surface area contributed by atoms with Gasteiger partial charge in [0.05, 0.1) is 6.61 Å². The fraction of sp³-hybridized carbons (Fsp3) is 0.211. The first-order valence-corrected chi connectivity index (χ1v) is 7.91. The van der Waals surface area contributed by atoms with E-state index in [1.54, 1.807) is 0 Å². The molecule has 4 rings (SSSR count). The molecule has 1 aliphatic heterocycles. The molecule has 116 valence electrons. The summed E-state index contributed by atoms with van der Waals surface area (Å²) in [6.07, 6.45) is 2.78. The summed E-state index contributed by atoms with van der Waals surface area (Å²) >= 11 is 0.